The predicted octanol–water partition coefficient (Wildman–Crippen LogP) is 2.47. The molecule has 106 valence electrons. The molecule has 0 aromatic carbocycles. The van der Waals surface area contributed by atoms with Crippen molar-refractivity contribution in [2.75, 3.05) is 19.8 Å². The molecule has 1 aliphatic carbocycles. The lowest BCUT2D eigenvalue weighted by atomic mass is 10.0. The largest absolute Gasteiger partial charge is 0.467 e. The van der Waals surface area contributed by atoms with Crippen molar-refractivity contribution in [2.45, 2.75) is 44.9 Å². The summed E-state index contributed by atoms with van der Waals surface area (Å²) >= 11 is 0. The number of ether oxygens (including phenoxy) is 2. The van der Waals surface area contributed by atoms with Crippen LogP contribution in [0.4, 0.5) is 0 Å². The lowest BCUT2D eigenvalue weighted by Crippen LogP contribution is -2.20. The van der Waals surface area contributed by atoms with Gasteiger partial charge in [0, 0.05) is 31.4 Å². The average molecular weight is 265 g/mol. The molecular weight excluding hydrogens is 242 g/mol. The van der Waals surface area contributed by atoms with Crippen molar-refractivity contribution in [3.05, 3.63) is 23.7 Å². The van der Waals surface area contributed by atoms with Crippen LogP contribution in [0, 0.1) is 5.92 Å². The van der Waals surface area contributed by atoms with E-state index in [1.807, 2.05) is 6.26 Å². The molecule has 1 saturated heterocycles. The summed E-state index contributed by atoms with van der Waals surface area (Å²) in [5.41, 5.74) is 1.22. The lowest BCUT2D eigenvalue weighted by Gasteiger charge is -2.21. The first-order valence-electron chi connectivity index (χ1n) is 7.35. The quantitative estimate of drug-likeness (QED) is 0.822. The van der Waals surface area contributed by atoms with Gasteiger partial charge in [0.1, 0.15) is 12.4 Å². The monoisotopic (exact) mass is 265 g/mol. The van der Waals surface area contributed by atoms with Gasteiger partial charge in [0.05, 0.1) is 12.9 Å². The van der Waals surface area contributed by atoms with Gasteiger partial charge in [0.25, 0.3) is 0 Å². The molecule has 1 N–H and O–H groups in total. The molecule has 2 heterocycles. The summed E-state index contributed by atoms with van der Waals surface area (Å²) in [4.78, 5) is 0. The molecule has 4 nitrogen and oxygen atoms in total. The molecule has 1 aromatic rings. The molecule has 2 fully saturated rings. The van der Waals surface area contributed by atoms with E-state index in [9.17, 15) is 0 Å². The van der Waals surface area contributed by atoms with E-state index < -0.39 is 0 Å². The van der Waals surface area contributed by atoms with Crippen molar-refractivity contribution in [3.8, 4) is 0 Å². The average Bonchev–Trinajstić information content (AvgIpc) is 3.17. The normalized spacial score (nSPS) is 20.8. The Morgan fingerprint density at radius 1 is 1.21 bits per heavy atom. The minimum absolute atomic E-state index is 0.584. The zero-order chi connectivity index (χ0) is 12.9. The zero-order valence-electron chi connectivity index (χ0n) is 11.4. The van der Waals surface area contributed by atoms with E-state index in [0.717, 1.165) is 51.0 Å². The molecule has 1 aliphatic heterocycles. The fraction of sp³-hybridized carbons (Fsp3) is 0.733. The summed E-state index contributed by atoms with van der Waals surface area (Å²) in [6, 6.07) is 2.84. The summed E-state index contributed by atoms with van der Waals surface area (Å²) in [5, 5.41) is 3.48. The molecule has 19 heavy (non-hydrogen) atoms. The molecule has 0 unspecified atom stereocenters. The minimum Gasteiger partial charge on any atom is -0.467 e. The molecule has 2 aliphatic rings. The van der Waals surface area contributed by atoms with Crippen LogP contribution in [0.15, 0.2) is 16.7 Å². The van der Waals surface area contributed by atoms with Crippen LogP contribution >= 0.6 is 0 Å². The van der Waals surface area contributed by atoms with E-state index in [4.69, 9.17) is 13.9 Å². The van der Waals surface area contributed by atoms with Crippen molar-refractivity contribution in [3.63, 3.8) is 0 Å². The molecule has 4 heteroatoms. The van der Waals surface area contributed by atoms with Crippen LogP contribution in [0.3, 0.4) is 0 Å². The standard InChI is InChI=1S/C15H23NO3/c1-2-14(1)16-8-13-7-15(19-10-13)11-18-9-12-3-5-17-6-4-12/h7,10,12,14,16H,1-6,8-9,11H2. The summed E-state index contributed by atoms with van der Waals surface area (Å²) in [6.45, 7) is 4.08. The van der Waals surface area contributed by atoms with Crippen molar-refractivity contribution in [1.29, 1.82) is 0 Å². The van der Waals surface area contributed by atoms with Crippen LogP contribution in [0.2, 0.25) is 0 Å². The van der Waals surface area contributed by atoms with E-state index in [1.165, 1.54) is 18.4 Å². The molecule has 0 amide bonds. The van der Waals surface area contributed by atoms with Crippen LogP contribution in [0.5, 0.6) is 0 Å². The van der Waals surface area contributed by atoms with Crippen molar-refractivity contribution < 1.29 is 13.9 Å². The number of hydrogen-bond acceptors (Lipinski definition) is 4. The fourth-order valence-electron chi connectivity index (χ4n) is 2.38. The van der Waals surface area contributed by atoms with Gasteiger partial charge >= 0.3 is 0 Å². The predicted molar refractivity (Wildman–Crippen MR) is 71.8 cm³/mol. The molecule has 1 saturated carbocycles. The maximum Gasteiger partial charge on any atom is 0.129 e. The van der Waals surface area contributed by atoms with Crippen LogP contribution in [-0.4, -0.2) is 25.9 Å². The Kier molecular flexibility index (Phi) is 4.53. The highest BCUT2D eigenvalue weighted by Gasteiger charge is 2.20. The number of hydrogen-bond donors (Lipinski definition) is 1. The molecule has 0 atom stereocenters. The zero-order valence-corrected chi connectivity index (χ0v) is 11.4. The second kappa shape index (κ2) is 6.55. The number of nitrogens with one attached hydrogen (secondary N) is 1. The Hall–Kier alpha value is -0.840. The molecule has 0 radical (unpaired) electrons. The third-order valence-corrected chi connectivity index (χ3v) is 3.82. The first-order valence-corrected chi connectivity index (χ1v) is 7.35. The Labute approximate surface area is 114 Å². The highest BCUT2D eigenvalue weighted by atomic mass is 16.5. The molecule has 1 aromatic heterocycles. The Bertz CT molecular complexity index is 380. The lowest BCUT2D eigenvalue weighted by molar-refractivity contribution is 0.0120. The van der Waals surface area contributed by atoms with Gasteiger partial charge in [-0.25, -0.2) is 0 Å². The van der Waals surface area contributed by atoms with Crippen LogP contribution < -0.4 is 5.32 Å². The van der Waals surface area contributed by atoms with Gasteiger partial charge in [-0.15, -0.1) is 0 Å². The molecular formula is C15H23NO3. The Morgan fingerprint density at radius 3 is 2.84 bits per heavy atom. The highest BCUT2D eigenvalue weighted by molar-refractivity contribution is 5.12. The second-order valence-electron chi connectivity index (χ2n) is 5.65. The van der Waals surface area contributed by atoms with E-state index in [2.05, 4.69) is 11.4 Å². The van der Waals surface area contributed by atoms with E-state index in [0.29, 0.717) is 12.5 Å². The van der Waals surface area contributed by atoms with Gasteiger partial charge in [0.2, 0.25) is 0 Å². The third kappa shape index (κ3) is 4.34. The fourth-order valence-corrected chi connectivity index (χ4v) is 2.38. The first kappa shape index (κ1) is 13.2. The maximum atomic E-state index is 5.74. The summed E-state index contributed by atoms with van der Waals surface area (Å²) in [6.07, 6.45) is 6.71. The first-order chi connectivity index (χ1) is 9.40. The van der Waals surface area contributed by atoms with Crippen molar-refractivity contribution >= 4 is 0 Å². The minimum atomic E-state index is 0.584. The molecule has 3 rings (SSSR count). The Morgan fingerprint density at radius 2 is 2.05 bits per heavy atom. The van der Waals surface area contributed by atoms with E-state index in [-0.39, 0.29) is 0 Å². The van der Waals surface area contributed by atoms with Gasteiger partial charge in [-0.3, -0.25) is 0 Å². The topological polar surface area (TPSA) is 43.6 Å². The van der Waals surface area contributed by atoms with Crippen molar-refractivity contribution in [2.24, 2.45) is 5.92 Å². The second-order valence-corrected chi connectivity index (χ2v) is 5.65. The van der Waals surface area contributed by atoms with Gasteiger partial charge in [0.15, 0.2) is 0 Å². The summed E-state index contributed by atoms with van der Waals surface area (Å²) in [5.74, 6) is 1.58. The molecule has 0 bridgehead atoms. The maximum absolute atomic E-state index is 5.74. The SMILES string of the molecule is c1oc(COCC2CCOCC2)cc1CNC1CC1. The smallest absolute Gasteiger partial charge is 0.129 e. The van der Waals surface area contributed by atoms with Gasteiger partial charge in [-0.1, -0.05) is 0 Å². The molecule has 0 spiro atoms. The van der Waals surface area contributed by atoms with Crippen molar-refractivity contribution in [1.82, 2.24) is 5.32 Å². The van der Waals surface area contributed by atoms with E-state index >= 15 is 0 Å². The van der Waals surface area contributed by atoms with Crippen LogP contribution in [-0.2, 0) is 22.6 Å². The number of furan rings is 1. The van der Waals surface area contributed by atoms with Gasteiger partial charge in [-0.05, 0) is 37.7 Å². The Balaban J connectivity index is 1.34. The van der Waals surface area contributed by atoms with Gasteiger partial charge in [-0.2, -0.15) is 0 Å². The third-order valence-electron chi connectivity index (χ3n) is 3.82. The van der Waals surface area contributed by atoms with Crippen LogP contribution in [0.25, 0.3) is 0 Å². The van der Waals surface area contributed by atoms with E-state index in [1.54, 1.807) is 0 Å². The summed E-state index contributed by atoms with van der Waals surface area (Å²) < 4.78 is 16.6. The van der Waals surface area contributed by atoms with Gasteiger partial charge < -0.3 is 19.2 Å². The highest BCUT2D eigenvalue weighted by Crippen LogP contribution is 2.20. The van der Waals surface area contributed by atoms with Crippen LogP contribution in [0.1, 0.15) is 37.0 Å². The summed E-state index contributed by atoms with van der Waals surface area (Å²) in [7, 11) is 0. The number of rotatable bonds is 7.